The second-order valence-corrected chi connectivity index (χ2v) is 3.39. The molecule has 1 fully saturated rings. The average molecular weight is 236 g/mol. The highest BCUT2D eigenvalue weighted by Gasteiger charge is 2.29. The Morgan fingerprint density at radius 1 is 1.12 bits per heavy atom. The molecule has 1 aliphatic rings. The van der Waals surface area contributed by atoms with Crippen molar-refractivity contribution < 1.29 is 4.79 Å². The maximum absolute atomic E-state index is 11.3. The summed E-state index contributed by atoms with van der Waals surface area (Å²) in [6.07, 6.45) is 2.06. The fourth-order valence-corrected chi connectivity index (χ4v) is 1.16. The molecule has 17 heavy (non-hydrogen) atoms. The van der Waals surface area contributed by atoms with Crippen LogP contribution in [0.25, 0.3) is 0 Å². The highest BCUT2D eigenvalue weighted by atomic mass is 16.2. The molecule has 3 heteroatoms. The first kappa shape index (κ1) is 15.5. The molecule has 1 aliphatic carbocycles. The van der Waals surface area contributed by atoms with Gasteiger partial charge >= 0.3 is 0 Å². The quantitative estimate of drug-likeness (QED) is 0.770. The lowest BCUT2D eigenvalue weighted by atomic mass is 10.2. The molecule has 0 unspecified atom stereocenters. The van der Waals surface area contributed by atoms with Crippen LogP contribution in [-0.2, 0) is 4.79 Å². The van der Waals surface area contributed by atoms with Crippen LogP contribution in [0.4, 0.5) is 11.4 Å². The molecular weight excluding hydrogens is 212 g/mol. The first-order valence-electron chi connectivity index (χ1n) is 6.42. The van der Waals surface area contributed by atoms with Gasteiger partial charge in [-0.2, -0.15) is 0 Å². The third-order valence-corrected chi connectivity index (χ3v) is 2.13. The van der Waals surface area contributed by atoms with Crippen LogP contribution in [-0.4, -0.2) is 5.91 Å². The van der Waals surface area contributed by atoms with Crippen LogP contribution in [0.5, 0.6) is 0 Å². The Hall–Kier alpha value is -1.51. The van der Waals surface area contributed by atoms with Crippen molar-refractivity contribution in [3.05, 3.63) is 24.3 Å². The normalized spacial score (nSPS) is 12.5. The van der Waals surface area contributed by atoms with Crippen molar-refractivity contribution in [1.82, 2.24) is 0 Å². The summed E-state index contributed by atoms with van der Waals surface area (Å²) < 4.78 is 0. The lowest BCUT2D eigenvalue weighted by Crippen LogP contribution is -2.13. The molecule has 0 atom stereocenters. The minimum atomic E-state index is 0.129. The first-order chi connectivity index (χ1) is 8.25. The van der Waals surface area contributed by atoms with Crippen molar-refractivity contribution in [2.75, 3.05) is 11.1 Å². The number of nitrogens with one attached hydrogen (secondary N) is 1. The zero-order valence-corrected chi connectivity index (χ0v) is 11.3. The van der Waals surface area contributed by atoms with Crippen LogP contribution < -0.4 is 11.1 Å². The Balaban J connectivity index is 0.000000581. The molecule has 0 radical (unpaired) electrons. The van der Waals surface area contributed by atoms with E-state index in [0.29, 0.717) is 5.69 Å². The minimum absolute atomic E-state index is 0.129. The van der Waals surface area contributed by atoms with Crippen LogP contribution in [0.15, 0.2) is 24.3 Å². The van der Waals surface area contributed by atoms with Crippen molar-refractivity contribution in [2.24, 2.45) is 5.92 Å². The number of hydrogen-bond donors (Lipinski definition) is 2. The Kier molecular flexibility index (Phi) is 7.85. The molecule has 0 aromatic heterocycles. The number of anilines is 2. The predicted molar refractivity (Wildman–Crippen MR) is 74.9 cm³/mol. The van der Waals surface area contributed by atoms with Crippen LogP contribution >= 0.6 is 0 Å². The summed E-state index contributed by atoms with van der Waals surface area (Å²) in [4.78, 5) is 11.3. The molecule has 3 nitrogen and oxygen atoms in total. The second kappa shape index (κ2) is 8.62. The van der Waals surface area contributed by atoms with Gasteiger partial charge in [-0.1, -0.05) is 27.7 Å². The number of nitrogen functional groups attached to an aromatic ring is 1. The smallest absolute Gasteiger partial charge is 0.227 e. The standard InChI is InChI=1S/C10H12N2O.2C2H6/c11-8-3-5-9(6-4-8)12-10(13)7-1-2-7;2*1-2/h3-7H,1-2,11H2,(H,12,13);2*1-2H3. The van der Waals surface area contributed by atoms with Gasteiger partial charge in [-0.3, -0.25) is 4.79 Å². The molecule has 0 heterocycles. The summed E-state index contributed by atoms with van der Waals surface area (Å²) in [5, 5.41) is 2.84. The number of hydrogen-bond acceptors (Lipinski definition) is 2. The minimum Gasteiger partial charge on any atom is -0.399 e. The van der Waals surface area contributed by atoms with E-state index in [-0.39, 0.29) is 11.8 Å². The van der Waals surface area contributed by atoms with Gasteiger partial charge in [-0.15, -0.1) is 0 Å². The van der Waals surface area contributed by atoms with E-state index in [9.17, 15) is 4.79 Å². The maximum atomic E-state index is 11.3. The Morgan fingerprint density at radius 3 is 2.00 bits per heavy atom. The highest BCUT2D eigenvalue weighted by molar-refractivity contribution is 5.94. The molecule has 96 valence electrons. The molecule has 1 aromatic carbocycles. The van der Waals surface area contributed by atoms with E-state index in [4.69, 9.17) is 5.73 Å². The van der Waals surface area contributed by atoms with Gasteiger partial charge in [-0.25, -0.2) is 0 Å². The lowest BCUT2D eigenvalue weighted by Gasteiger charge is -2.03. The number of carbonyl (C=O) groups excluding carboxylic acids is 1. The van der Waals surface area contributed by atoms with Crippen molar-refractivity contribution in [3.63, 3.8) is 0 Å². The van der Waals surface area contributed by atoms with Gasteiger partial charge in [0.2, 0.25) is 5.91 Å². The number of nitrogens with two attached hydrogens (primary N) is 1. The third-order valence-electron chi connectivity index (χ3n) is 2.13. The Morgan fingerprint density at radius 2 is 1.59 bits per heavy atom. The second-order valence-electron chi connectivity index (χ2n) is 3.39. The van der Waals surface area contributed by atoms with Gasteiger partial charge in [0.05, 0.1) is 0 Å². The SMILES string of the molecule is CC.CC.Nc1ccc(NC(=O)C2CC2)cc1. The highest BCUT2D eigenvalue weighted by Crippen LogP contribution is 2.30. The first-order valence-corrected chi connectivity index (χ1v) is 6.42. The molecule has 1 amide bonds. The average Bonchev–Trinajstić information content (AvgIpc) is 3.21. The van der Waals surface area contributed by atoms with E-state index < -0.39 is 0 Å². The monoisotopic (exact) mass is 236 g/mol. The van der Waals surface area contributed by atoms with Crippen molar-refractivity contribution in [2.45, 2.75) is 40.5 Å². The molecule has 2 rings (SSSR count). The molecule has 0 bridgehead atoms. The van der Waals surface area contributed by atoms with E-state index in [1.807, 2.05) is 39.8 Å². The summed E-state index contributed by atoms with van der Waals surface area (Å²) in [5.74, 6) is 0.377. The van der Waals surface area contributed by atoms with Gasteiger partial charge in [-0.05, 0) is 37.1 Å². The van der Waals surface area contributed by atoms with Gasteiger partial charge in [0.1, 0.15) is 0 Å². The number of rotatable bonds is 2. The molecule has 0 spiro atoms. The third kappa shape index (κ3) is 5.95. The number of amides is 1. The summed E-state index contributed by atoms with van der Waals surface area (Å²) >= 11 is 0. The molecule has 0 saturated heterocycles. The Labute approximate surface area is 104 Å². The van der Waals surface area contributed by atoms with Crippen LogP contribution in [0.2, 0.25) is 0 Å². The van der Waals surface area contributed by atoms with Crippen molar-refractivity contribution in [3.8, 4) is 0 Å². The van der Waals surface area contributed by atoms with E-state index in [1.54, 1.807) is 12.1 Å². The predicted octanol–water partition coefficient (Wildman–Crippen LogP) is 3.67. The largest absolute Gasteiger partial charge is 0.399 e. The molecule has 0 aliphatic heterocycles. The summed E-state index contributed by atoms with van der Waals surface area (Å²) in [5.41, 5.74) is 7.05. The lowest BCUT2D eigenvalue weighted by molar-refractivity contribution is -0.117. The van der Waals surface area contributed by atoms with Gasteiger partial charge < -0.3 is 11.1 Å². The zero-order valence-electron chi connectivity index (χ0n) is 11.3. The van der Waals surface area contributed by atoms with Crippen LogP contribution in [0.1, 0.15) is 40.5 Å². The summed E-state index contributed by atoms with van der Waals surface area (Å²) in [6.45, 7) is 8.00. The summed E-state index contributed by atoms with van der Waals surface area (Å²) in [6, 6.07) is 7.19. The van der Waals surface area contributed by atoms with E-state index >= 15 is 0 Å². The topological polar surface area (TPSA) is 55.1 Å². The van der Waals surface area contributed by atoms with Gasteiger partial charge in [0.25, 0.3) is 0 Å². The van der Waals surface area contributed by atoms with E-state index in [1.165, 1.54) is 0 Å². The summed E-state index contributed by atoms with van der Waals surface area (Å²) in [7, 11) is 0. The maximum Gasteiger partial charge on any atom is 0.227 e. The fourth-order valence-electron chi connectivity index (χ4n) is 1.16. The zero-order chi connectivity index (χ0) is 13.3. The fraction of sp³-hybridized carbons (Fsp3) is 0.500. The van der Waals surface area contributed by atoms with Crippen LogP contribution in [0.3, 0.4) is 0 Å². The van der Waals surface area contributed by atoms with E-state index in [2.05, 4.69) is 5.32 Å². The van der Waals surface area contributed by atoms with Crippen LogP contribution in [0, 0.1) is 5.92 Å². The van der Waals surface area contributed by atoms with E-state index in [0.717, 1.165) is 18.5 Å². The molecule has 1 aromatic rings. The van der Waals surface area contributed by atoms with Crippen molar-refractivity contribution >= 4 is 17.3 Å². The number of benzene rings is 1. The van der Waals surface area contributed by atoms with Gasteiger partial charge in [0, 0.05) is 17.3 Å². The molecule has 3 N–H and O–H groups in total. The molecular formula is C14H24N2O. The number of carbonyl (C=O) groups is 1. The van der Waals surface area contributed by atoms with Crippen molar-refractivity contribution in [1.29, 1.82) is 0 Å². The Bertz CT molecular complexity index is 315. The molecule has 1 saturated carbocycles. The van der Waals surface area contributed by atoms with Gasteiger partial charge in [0.15, 0.2) is 0 Å².